The van der Waals surface area contributed by atoms with E-state index in [4.69, 9.17) is 0 Å². The Morgan fingerprint density at radius 2 is 1.56 bits per heavy atom. The molecule has 0 radical (unpaired) electrons. The Kier molecular flexibility index (Phi) is 7.35. The molecule has 0 bridgehead atoms. The highest BCUT2D eigenvalue weighted by Crippen LogP contribution is 2.41. The molecule has 0 fully saturated rings. The summed E-state index contributed by atoms with van der Waals surface area (Å²) in [6.07, 6.45) is 6.86. The summed E-state index contributed by atoms with van der Waals surface area (Å²) >= 11 is 0. The van der Waals surface area contributed by atoms with Crippen molar-refractivity contribution in [1.82, 2.24) is 0 Å². The molecule has 98 valence electrons. The highest BCUT2D eigenvalue weighted by atomic mass is 14.4. The van der Waals surface area contributed by atoms with Crippen molar-refractivity contribution >= 4 is 0 Å². The van der Waals surface area contributed by atoms with E-state index in [1.807, 2.05) is 0 Å². The van der Waals surface area contributed by atoms with Crippen molar-refractivity contribution in [3.63, 3.8) is 0 Å². The highest BCUT2D eigenvalue weighted by Gasteiger charge is 2.31. The van der Waals surface area contributed by atoms with Gasteiger partial charge in [0.15, 0.2) is 0 Å². The lowest BCUT2D eigenvalue weighted by atomic mass is 9.67. The molecule has 0 rings (SSSR count). The largest absolute Gasteiger partial charge is 0.0651 e. The minimum absolute atomic E-state index is 0.560. The number of hydrogen-bond acceptors (Lipinski definition) is 0. The molecule has 0 aliphatic heterocycles. The van der Waals surface area contributed by atoms with E-state index in [-0.39, 0.29) is 0 Å². The van der Waals surface area contributed by atoms with Crippen LogP contribution >= 0.6 is 0 Å². The van der Waals surface area contributed by atoms with Crippen LogP contribution in [0.3, 0.4) is 0 Å². The van der Waals surface area contributed by atoms with E-state index in [1.54, 1.807) is 0 Å². The van der Waals surface area contributed by atoms with Gasteiger partial charge in [-0.15, -0.1) is 0 Å². The molecule has 0 aliphatic carbocycles. The third kappa shape index (κ3) is 4.89. The monoisotopic (exact) mass is 226 g/mol. The van der Waals surface area contributed by atoms with E-state index < -0.39 is 0 Å². The molecule has 0 saturated heterocycles. The molecule has 0 aromatic heterocycles. The standard InChI is InChI=1S/C16H34/c1-8-14(5)15(6)16(7,9-2)12-10-11-13(3)4/h13-15H,8-12H2,1-7H3. The Bertz CT molecular complexity index is 171. The van der Waals surface area contributed by atoms with Crippen LogP contribution in [0.5, 0.6) is 0 Å². The lowest BCUT2D eigenvalue weighted by molar-refractivity contribution is 0.116. The highest BCUT2D eigenvalue weighted by molar-refractivity contribution is 4.81. The van der Waals surface area contributed by atoms with Crippen LogP contribution in [-0.2, 0) is 0 Å². The lowest BCUT2D eigenvalue weighted by Gasteiger charge is -2.38. The first-order valence-corrected chi connectivity index (χ1v) is 7.37. The second kappa shape index (κ2) is 7.35. The van der Waals surface area contributed by atoms with Crippen molar-refractivity contribution in [2.45, 2.75) is 80.6 Å². The van der Waals surface area contributed by atoms with Crippen LogP contribution in [0, 0.1) is 23.2 Å². The normalized spacial score (nSPS) is 19.5. The average Bonchev–Trinajstić information content (AvgIpc) is 2.26. The summed E-state index contributed by atoms with van der Waals surface area (Å²) in [5.41, 5.74) is 0.560. The quantitative estimate of drug-likeness (QED) is 0.482. The molecule has 0 amide bonds. The van der Waals surface area contributed by atoms with Crippen LogP contribution in [0.2, 0.25) is 0 Å². The fourth-order valence-corrected chi connectivity index (χ4v) is 2.68. The van der Waals surface area contributed by atoms with Gasteiger partial charge >= 0.3 is 0 Å². The van der Waals surface area contributed by atoms with Gasteiger partial charge in [-0.3, -0.25) is 0 Å². The maximum atomic E-state index is 2.50. The molecule has 0 heterocycles. The maximum absolute atomic E-state index is 2.50. The third-order valence-corrected chi connectivity index (χ3v) is 4.93. The van der Waals surface area contributed by atoms with Gasteiger partial charge in [0.2, 0.25) is 0 Å². The van der Waals surface area contributed by atoms with Crippen LogP contribution in [0.15, 0.2) is 0 Å². The Balaban J connectivity index is 4.28. The van der Waals surface area contributed by atoms with Gasteiger partial charge in [-0.1, -0.05) is 74.1 Å². The summed E-state index contributed by atoms with van der Waals surface area (Å²) in [4.78, 5) is 0. The first-order valence-electron chi connectivity index (χ1n) is 7.37. The summed E-state index contributed by atoms with van der Waals surface area (Å²) in [5, 5.41) is 0. The van der Waals surface area contributed by atoms with Crippen LogP contribution in [-0.4, -0.2) is 0 Å². The first-order chi connectivity index (χ1) is 7.37. The zero-order valence-electron chi connectivity index (χ0n) is 12.8. The van der Waals surface area contributed by atoms with Crippen LogP contribution < -0.4 is 0 Å². The van der Waals surface area contributed by atoms with Crippen molar-refractivity contribution < 1.29 is 0 Å². The summed E-state index contributed by atoms with van der Waals surface area (Å²) < 4.78 is 0. The Morgan fingerprint density at radius 3 is 1.94 bits per heavy atom. The van der Waals surface area contributed by atoms with Crippen LogP contribution in [0.4, 0.5) is 0 Å². The van der Waals surface area contributed by atoms with E-state index in [0.717, 1.165) is 17.8 Å². The topological polar surface area (TPSA) is 0 Å². The number of hydrogen-bond donors (Lipinski definition) is 0. The summed E-state index contributed by atoms with van der Waals surface area (Å²) in [7, 11) is 0. The van der Waals surface area contributed by atoms with Gasteiger partial charge in [-0.05, 0) is 29.6 Å². The van der Waals surface area contributed by atoms with Gasteiger partial charge in [-0.2, -0.15) is 0 Å². The van der Waals surface area contributed by atoms with Gasteiger partial charge in [0.25, 0.3) is 0 Å². The van der Waals surface area contributed by atoms with E-state index in [0.29, 0.717) is 5.41 Å². The predicted molar refractivity (Wildman–Crippen MR) is 75.7 cm³/mol. The SMILES string of the molecule is CCC(C)C(C)C(C)(CC)CCCC(C)C. The fourth-order valence-electron chi connectivity index (χ4n) is 2.68. The molecule has 0 saturated carbocycles. The van der Waals surface area contributed by atoms with E-state index in [9.17, 15) is 0 Å². The third-order valence-electron chi connectivity index (χ3n) is 4.93. The lowest BCUT2D eigenvalue weighted by Crippen LogP contribution is -2.29. The molecule has 3 unspecified atom stereocenters. The first kappa shape index (κ1) is 16.0. The molecule has 0 N–H and O–H groups in total. The van der Waals surface area contributed by atoms with Gasteiger partial charge in [0.05, 0.1) is 0 Å². The summed E-state index contributed by atoms with van der Waals surface area (Å²) in [6.45, 7) is 16.8. The van der Waals surface area contributed by atoms with E-state index in [1.165, 1.54) is 32.1 Å². The zero-order valence-corrected chi connectivity index (χ0v) is 12.8. The second-order valence-electron chi connectivity index (χ2n) is 6.47. The fraction of sp³-hybridized carbons (Fsp3) is 1.00. The van der Waals surface area contributed by atoms with Crippen molar-refractivity contribution in [3.8, 4) is 0 Å². The molecule has 0 spiro atoms. The Labute approximate surface area is 104 Å². The molecule has 0 nitrogen and oxygen atoms in total. The van der Waals surface area contributed by atoms with Gasteiger partial charge in [0, 0.05) is 0 Å². The van der Waals surface area contributed by atoms with Crippen molar-refractivity contribution in [3.05, 3.63) is 0 Å². The average molecular weight is 226 g/mol. The molecule has 3 atom stereocenters. The molecule has 0 aliphatic rings. The predicted octanol–water partition coefficient (Wildman–Crippen LogP) is 5.91. The summed E-state index contributed by atoms with van der Waals surface area (Å²) in [6, 6.07) is 0. The summed E-state index contributed by atoms with van der Waals surface area (Å²) in [5.74, 6) is 2.58. The zero-order chi connectivity index (χ0) is 12.8. The van der Waals surface area contributed by atoms with Gasteiger partial charge in [-0.25, -0.2) is 0 Å². The van der Waals surface area contributed by atoms with Crippen molar-refractivity contribution in [2.24, 2.45) is 23.2 Å². The van der Waals surface area contributed by atoms with E-state index in [2.05, 4.69) is 48.5 Å². The van der Waals surface area contributed by atoms with E-state index >= 15 is 0 Å². The van der Waals surface area contributed by atoms with Gasteiger partial charge < -0.3 is 0 Å². The minimum Gasteiger partial charge on any atom is -0.0651 e. The Hall–Kier alpha value is 0. The molecular formula is C16H34. The molecule has 0 heteroatoms. The molecule has 0 aromatic rings. The van der Waals surface area contributed by atoms with Crippen LogP contribution in [0.25, 0.3) is 0 Å². The molecule has 16 heavy (non-hydrogen) atoms. The Morgan fingerprint density at radius 1 is 1.00 bits per heavy atom. The van der Waals surface area contributed by atoms with Crippen LogP contribution in [0.1, 0.15) is 80.6 Å². The van der Waals surface area contributed by atoms with Gasteiger partial charge in [0.1, 0.15) is 0 Å². The second-order valence-corrected chi connectivity index (χ2v) is 6.47. The minimum atomic E-state index is 0.560. The molecule has 0 aromatic carbocycles. The van der Waals surface area contributed by atoms with Crippen molar-refractivity contribution in [2.75, 3.05) is 0 Å². The number of rotatable bonds is 8. The van der Waals surface area contributed by atoms with Crippen molar-refractivity contribution in [1.29, 1.82) is 0 Å². The molecular weight excluding hydrogens is 192 g/mol. The maximum Gasteiger partial charge on any atom is -0.0300 e. The smallest absolute Gasteiger partial charge is 0.0300 e.